The maximum atomic E-state index is 13.3. The van der Waals surface area contributed by atoms with Crippen molar-refractivity contribution in [2.45, 2.75) is 45.6 Å². The van der Waals surface area contributed by atoms with Gasteiger partial charge in [0.1, 0.15) is 17.0 Å². The highest BCUT2D eigenvalue weighted by molar-refractivity contribution is 7.93. The molecule has 1 aromatic carbocycles. The molecule has 0 radical (unpaired) electrons. The lowest BCUT2D eigenvalue weighted by Gasteiger charge is -2.38. The van der Waals surface area contributed by atoms with E-state index in [9.17, 15) is 17.6 Å². The molecule has 1 saturated heterocycles. The first-order valence-corrected chi connectivity index (χ1v) is 12.1. The van der Waals surface area contributed by atoms with Crippen molar-refractivity contribution in [1.29, 1.82) is 0 Å². The number of ether oxygens (including phenoxy) is 1. The number of nitrogens with one attached hydrogen (secondary N) is 1. The Morgan fingerprint density at radius 2 is 2.00 bits per heavy atom. The van der Waals surface area contributed by atoms with E-state index < -0.39 is 21.7 Å². The Labute approximate surface area is 187 Å². The predicted molar refractivity (Wildman–Crippen MR) is 121 cm³/mol. The fourth-order valence-electron chi connectivity index (χ4n) is 3.98. The summed E-state index contributed by atoms with van der Waals surface area (Å²) in [7, 11) is -3.09. The van der Waals surface area contributed by atoms with Gasteiger partial charge in [-0.2, -0.15) is 5.10 Å². The highest BCUT2D eigenvalue weighted by atomic mass is 32.2. The largest absolute Gasteiger partial charge is 0.461 e. The standard InChI is InChI=1S/C22H25FN4O4S.H2/c1-13(2)27-18-9-16(21(28)25-22(4)11-32(29,30)12-22)10-24-20(18)19(26-27)15-6-5-7-17(8-15)31-14(3)23;/h5-10,13-14H,11-12H2,1-4H3,(H,25,28);1H. The van der Waals surface area contributed by atoms with Gasteiger partial charge in [0.05, 0.1) is 28.1 Å². The quantitative estimate of drug-likeness (QED) is 0.601. The van der Waals surface area contributed by atoms with Crippen LogP contribution in [0.4, 0.5) is 4.39 Å². The Bertz CT molecular complexity index is 1290. The van der Waals surface area contributed by atoms with Crippen molar-refractivity contribution < 1.29 is 23.8 Å². The number of carbonyl (C=O) groups is 1. The van der Waals surface area contributed by atoms with Crippen LogP contribution >= 0.6 is 0 Å². The molecule has 1 aliphatic rings. The fourth-order valence-corrected chi connectivity index (χ4v) is 5.98. The summed E-state index contributed by atoms with van der Waals surface area (Å²) in [6.07, 6.45) is 0.00975. The third-order valence-electron chi connectivity index (χ3n) is 5.20. The minimum Gasteiger partial charge on any atom is -0.461 e. The topological polar surface area (TPSA) is 103 Å². The Hall–Kier alpha value is -3.01. The van der Waals surface area contributed by atoms with Crippen LogP contribution in [-0.2, 0) is 9.84 Å². The number of nitrogens with zero attached hydrogens (tertiary/aromatic N) is 3. The van der Waals surface area contributed by atoms with Gasteiger partial charge in [0, 0.05) is 26.2 Å². The molecule has 10 heteroatoms. The molecule has 1 fully saturated rings. The molecular weight excluding hydrogens is 435 g/mol. The van der Waals surface area contributed by atoms with E-state index in [1.165, 1.54) is 13.1 Å². The first-order valence-electron chi connectivity index (χ1n) is 10.3. The molecule has 4 rings (SSSR count). The number of carbonyl (C=O) groups excluding carboxylic acids is 1. The summed E-state index contributed by atoms with van der Waals surface area (Å²) in [6, 6.07) is 8.64. The van der Waals surface area contributed by atoms with Gasteiger partial charge in [-0.25, -0.2) is 12.8 Å². The van der Waals surface area contributed by atoms with E-state index in [0.29, 0.717) is 33.6 Å². The smallest absolute Gasteiger partial charge is 0.253 e. The van der Waals surface area contributed by atoms with Crippen LogP contribution in [0.2, 0.25) is 0 Å². The monoisotopic (exact) mass is 462 g/mol. The van der Waals surface area contributed by atoms with E-state index >= 15 is 0 Å². The number of fused-ring (bicyclic) bond motifs is 1. The number of hydrogen-bond acceptors (Lipinski definition) is 6. The van der Waals surface area contributed by atoms with Gasteiger partial charge in [-0.05, 0) is 39.0 Å². The molecule has 1 N–H and O–H groups in total. The summed E-state index contributed by atoms with van der Waals surface area (Å²) >= 11 is 0. The number of amides is 1. The third kappa shape index (κ3) is 4.32. The van der Waals surface area contributed by atoms with Crippen molar-refractivity contribution in [3.8, 4) is 17.0 Å². The molecule has 0 aliphatic carbocycles. The number of halogens is 1. The second kappa shape index (κ2) is 7.84. The zero-order chi connectivity index (χ0) is 23.3. The number of alkyl halides is 1. The molecule has 1 unspecified atom stereocenters. The van der Waals surface area contributed by atoms with Crippen LogP contribution in [-0.4, -0.2) is 52.5 Å². The summed E-state index contributed by atoms with van der Waals surface area (Å²) in [5.41, 5.74) is 2.11. The lowest BCUT2D eigenvalue weighted by molar-refractivity contribution is 0.0860. The molecule has 32 heavy (non-hydrogen) atoms. The molecule has 3 aromatic rings. The summed E-state index contributed by atoms with van der Waals surface area (Å²) in [6.45, 7) is 6.95. The van der Waals surface area contributed by atoms with Gasteiger partial charge < -0.3 is 10.1 Å². The van der Waals surface area contributed by atoms with Crippen molar-refractivity contribution in [1.82, 2.24) is 20.1 Å². The Morgan fingerprint density at radius 1 is 1.28 bits per heavy atom. The summed E-state index contributed by atoms with van der Waals surface area (Å²) in [5.74, 6) is -0.164. The molecule has 172 valence electrons. The van der Waals surface area contributed by atoms with Gasteiger partial charge in [0.2, 0.25) is 6.36 Å². The van der Waals surface area contributed by atoms with Gasteiger partial charge in [-0.3, -0.25) is 14.5 Å². The number of benzene rings is 1. The second-order valence-electron chi connectivity index (χ2n) is 8.71. The number of aromatic nitrogens is 3. The first kappa shape index (κ1) is 22.2. The molecule has 2 aromatic heterocycles. The van der Waals surface area contributed by atoms with Crippen LogP contribution in [0.1, 0.15) is 45.5 Å². The predicted octanol–water partition coefficient (Wildman–Crippen LogP) is 3.54. The maximum Gasteiger partial charge on any atom is 0.253 e. The van der Waals surface area contributed by atoms with Crippen LogP contribution in [0.5, 0.6) is 5.75 Å². The average molecular weight is 463 g/mol. The Morgan fingerprint density at radius 3 is 2.62 bits per heavy atom. The number of rotatable bonds is 6. The highest BCUT2D eigenvalue weighted by Gasteiger charge is 2.45. The Balaban J connectivity index is 0.00000306. The van der Waals surface area contributed by atoms with Gasteiger partial charge in [0.25, 0.3) is 5.91 Å². The molecule has 1 atom stereocenters. The van der Waals surface area contributed by atoms with Crippen LogP contribution in [0.25, 0.3) is 22.3 Å². The van der Waals surface area contributed by atoms with Crippen LogP contribution in [0.15, 0.2) is 36.5 Å². The average Bonchev–Trinajstić information content (AvgIpc) is 3.05. The van der Waals surface area contributed by atoms with Gasteiger partial charge in [-0.1, -0.05) is 12.1 Å². The van der Waals surface area contributed by atoms with Gasteiger partial charge in [-0.15, -0.1) is 0 Å². The lowest BCUT2D eigenvalue weighted by atomic mass is 10.1. The minimum atomic E-state index is -3.09. The fraction of sp³-hybridized carbons (Fsp3) is 0.409. The number of pyridine rings is 1. The SMILES string of the molecule is CC(F)Oc1cccc(-c2nn(C(C)C)c3cc(C(=O)NC4(C)CS(=O)(=O)C4)cnc23)c1.[HH]. The molecule has 1 aliphatic heterocycles. The Kier molecular flexibility index (Phi) is 5.44. The highest BCUT2D eigenvalue weighted by Crippen LogP contribution is 2.31. The van der Waals surface area contributed by atoms with Crippen molar-refractivity contribution in [2.24, 2.45) is 0 Å². The molecule has 1 amide bonds. The zero-order valence-corrected chi connectivity index (χ0v) is 19.1. The first-order chi connectivity index (χ1) is 15.0. The van der Waals surface area contributed by atoms with E-state index in [4.69, 9.17) is 9.84 Å². The normalized spacial score (nSPS) is 17.7. The maximum absolute atomic E-state index is 13.3. The molecule has 0 spiro atoms. The van der Waals surface area contributed by atoms with Gasteiger partial charge in [0.15, 0.2) is 9.84 Å². The van der Waals surface area contributed by atoms with Crippen LogP contribution in [0, 0.1) is 0 Å². The van der Waals surface area contributed by atoms with Crippen LogP contribution in [0.3, 0.4) is 0 Å². The zero-order valence-electron chi connectivity index (χ0n) is 18.3. The molecule has 0 saturated carbocycles. The van der Waals surface area contributed by atoms with E-state index in [2.05, 4.69) is 10.3 Å². The second-order valence-corrected chi connectivity index (χ2v) is 10.8. The molecule has 0 bridgehead atoms. The van der Waals surface area contributed by atoms with Crippen molar-refractivity contribution in [2.75, 3.05) is 11.5 Å². The minimum absolute atomic E-state index is 0. The van der Waals surface area contributed by atoms with E-state index in [-0.39, 0.29) is 24.9 Å². The summed E-state index contributed by atoms with van der Waals surface area (Å²) in [5, 5.41) is 7.50. The van der Waals surface area contributed by atoms with E-state index in [1.807, 2.05) is 19.9 Å². The summed E-state index contributed by atoms with van der Waals surface area (Å²) in [4.78, 5) is 17.3. The van der Waals surface area contributed by atoms with E-state index in [0.717, 1.165) is 0 Å². The van der Waals surface area contributed by atoms with Gasteiger partial charge >= 0.3 is 0 Å². The number of sulfone groups is 1. The van der Waals surface area contributed by atoms with E-state index in [1.54, 1.807) is 35.9 Å². The molecule has 3 heterocycles. The third-order valence-corrected chi connectivity index (χ3v) is 7.35. The molecule has 8 nitrogen and oxygen atoms in total. The number of hydrogen-bond donors (Lipinski definition) is 1. The van der Waals surface area contributed by atoms with Crippen molar-refractivity contribution in [3.63, 3.8) is 0 Å². The lowest BCUT2D eigenvalue weighted by Crippen LogP contribution is -2.63. The van der Waals surface area contributed by atoms with Crippen LogP contribution < -0.4 is 10.1 Å². The van der Waals surface area contributed by atoms with Crippen molar-refractivity contribution >= 4 is 26.8 Å². The summed E-state index contributed by atoms with van der Waals surface area (Å²) < 4.78 is 43.3. The molecular formula is C22H27FN4O4S. The van der Waals surface area contributed by atoms with Crippen molar-refractivity contribution in [3.05, 3.63) is 42.1 Å².